The predicted octanol–water partition coefficient (Wildman–Crippen LogP) is 0.271. The highest BCUT2D eigenvalue weighted by molar-refractivity contribution is 6.04. The molecular weight excluding hydrogens is 182 g/mol. The van der Waals surface area contributed by atoms with E-state index in [1.165, 1.54) is 0 Å². The molecule has 5 nitrogen and oxygen atoms in total. The molecule has 5 heteroatoms. The lowest BCUT2D eigenvalue weighted by Gasteiger charge is -2.06. The molecule has 0 saturated carbocycles. The molecule has 2 rings (SSSR count). The first-order valence-corrected chi connectivity index (χ1v) is 4.22. The second kappa shape index (κ2) is 3.10. The Balaban J connectivity index is 2.31. The van der Waals surface area contributed by atoms with Crippen molar-refractivity contribution in [3.63, 3.8) is 0 Å². The fourth-order valence-electron chi connectivity index (χ4n) is 1.35. The molecule has 1 unspecified atom stereocenters. The number of rotatable bonds is 1. The number of carbonyl (C=O) groups is 2. The number of aromatic nitrogens is 1. The number of urea groups is 1. The van der Waals surface area contributed by atoms with Crippen LogP contribution in [0.15, 0.2) is 18.2 Å². The standard InChI is InChI=1S/C9H9N3O2/c1-5-3-2-4-6(10-5)7-8(13)12-9(14)11-7/h2-4,7H,1H3,(H2,11,12,13,14). The van der Waals surface area contributed by atoms with Crippen LogP contribution in [-0.2, 0) is 4.79 Å². The number of hydrogen-bond donors (Lipinski definition) is 2. The molecule has 3 amide bonds. The molecule has 1 aliphatic heterocycles. The van der Waals surface area contributed by atoms with Crippen molar-refractivity contribution in [2.75, 3.05) is 0 Å². The molecule has 1 saturated heterocycles. The number of imide groups is 1. The highest BCUT2D eigenvalue weighted by Crippen LogP contribution is 2.13. The quantitative estimate of drug-likeness (QED) is 0.626. The molecule has 2 heterocycles. The number of nitrogens with one attached hydrogen (secondary N) is 2. The van der Waals surface area contributed by atoms with Crippen LogP contribution < -0.4 is 10.6 Å². The average Bonchev–Trinajstić information content (AvgIpc) is 2.45. The summed E-state index contributed by atoms with van der Waals surface area (Å²) in [5, 5.41) is 4.64. The van der Waals surface area contributed by atoms with Gasteiger partial charge in [0.05, 0.1) is 5.69 Å². The summed E-state index contributed by atoms with van der Waals surface area (Å²) >= 11 is 0. The normalized spacial score (nSPS) is 20.5. The van der Waals surface area contributed by atoms with Gasteiger partial charge in [-0.15, -0.1) is 0 Å². The summed E-state index contributed by atoms with van der Waals surface area (Å²) < 4.78 is 0. The van der Waals surface area contributed by atoms with Crippen molar-refractivity contribution in [3.05, 3.63) is 29.6 Å². The smallest absolute Gasteiger partial charge is 0.321 e. The van der Waals surface area contributed by atoms with Crippen molar-refractivity contribution in [2.24, 2.45) is 0 Å². The first-order chi connectivity index (χ1) is 6.66. The largest absolute Gasteiger partial charge is 0.322 e. The van der Waals surface area contributed by atoms with Crippen LogP contribution in [0.5, 0.6) is 0 Å². The first-order valence-electron chi connectivity index (χ1n) is 4.22. The van der Waals surface area contributed by atoms with Crippen molar-refractivity contribution in [1.29, 1.82) is 0 Å². The van der Waals surface area contributed by atoms with Crippen molar-refractivity contribution < 1.29 is 9.59 Å². The van der Waals surface area contributed by atoms with Gasteiger partial charge in [0.25, 0.3) is 5.91 Å². The molecular formula is C9H9N3O2. The minimum absolute atomic E-state index is 0.354. The predicted molar refractivity (Wildman–Crippen MR) is 48.4 cm³/mol. The number of pyridine rings is 1. The van der Waals surface area contributed by atoms with Gasteiger partial charge in [0, 0.05) is 5.69 Å². The van der Waals surface area contributed by atoms with Crippen LogP contribution in [0.4, 0.5) is 4.79 Å². The zero-order valence-corrected chi connectivity index (χ0v) is 7.57. The van der Waals surface area contributed by atoms with Gasteiger partial charge in [-0.1, -0.05) is 6.07 Å². The number of nitrogens with zero attached hydrogens (tertiary/aromatic N) is 1. The van der Waals surface area contributed by atoms with Gasteiger partial charge in [-0.25, -0.2) is 4.79 Å². The molecule has 1 aliphatic rings. The molecule has 14 heavy (non-hydrogen) atoms. The third-order valence-corrected chi connectivity index (χ3v) is 1.98. The molecule has 2 N–H and O–H groups in total. The maximum absolute atomic E-state index is 11.3. The van der Waals surface area contributed by atoms with Crippen molar-refractivity contribution in [3.8, 4) is 0 Å². The lowest BCUT2D eigenvalue weighted by Crippen LogP contribution is -2.22. The molecule has 0 radical (unpaired) electrons. The van der Waals surface area contributed by atoms with Crippen molar-refractivity contribution in [2.45, 2.75) is 13.0 Å². The Morgan fingerprint density at radius 1 is 1.36 bits per heavy atom. The van der Waals surface area contributed by atoms with Crippen LogP contribution in [0.25, 0.3) is 0 Å². The van der Waals surface area contributed by atoms with Gasteiger partial charge in [-0.05, 0) is 19.1 Å². The van der Waals surface area contributed by atoms with E-state index in [1.807, 2.05) is 13.0 Å². The Morgan fingerprint density at radius 3 is 2.71 bits per heavy atom. The van der Waals surface area contributed by atoms with Gasteiger partial charge < -0.3 is 5.32 Å². The Bertz CT molecular complexity index is 403. The Morgan fingerprint density at radius 2 is 2.14 bits per heavy atom. The van der Waals surface area contributed by atoms with Gasteiger partial charge in [0.15, 0.2) is 6.04 Å². The summed E-state index contributed by atoms with van der Waals surface area (Å²) in [5.41, 5.74) is 1.38. The van der Waals surface area contributed by atoms with Gasteiger partial charge in [0.2, 0.25) is 0 Å². The van der Waals surface area contributed by atoms with E-state index < -0.39 is 12.1 Å². The number of hydrogen-bond acceptors (Lipinski definition) is 3. The topological polar surface area (TPSA) is 71.1 Å². The maximum Gasteiger partial charge on any atom is 0.322 e. The van der Waals surface area contributed by atoms with Gasteiger partial charge >= 0.3 is 6.03 Å². The summed E-state index contributed by atoms with van der Waals surface area (Å²) in [7, 11) is 0. The highest BCUT2D eigenvalue weighted by Gasteiger charge is 2.31. The van der Waals surface area contributed by atoms with Gasteiger partial charge in [-0.2, -0.15) is 0 Å². The third-order valence-electron chi connectivity index (χ3n) is 1.98. The molecule has 0 aromatic carbocycles. The van der Waals surface area contributed by atoms with Crippen LogP contribution >= 0.6 is 0 Å². The zero-order valence-electron chi connectivity index (χ0n) is 7.57. The zero-order chi connectivity index (χ0) is 10.1. The third kappa shape index (κ3) is 1.44. The second-order valence-corrected chi connectivity index (χ2v) is 3.10. The van der Waals surface area contributed by atoms with E-state index >= 15 is 0 Å². The van der Waals surface area contributed by atoms with E-state index in [2.05, 4.69) is 15.6 Å². The Kier molecular flexibility index (Phi) is 1.92. The van der Waals surface area contributed by atoms with E-state index in [1.54, 1.807) is 12.1 Å². The number of aryl methyl sites for hydroxylation is 1. The number of carbonyl (C=O) groups excluding carboxylic acids is 2. The fraction of sp³-hybridized carbons (Fsp3) is 0.222. The lowest BCUT2D eigenvalue weighted by molar-refractivity contribution is -0.120. The maximum atomic E-state index is 11.3. The molecule has 1 atom stereocenters. The summed E-state index contributed by atoms with van der Waals surface area (Å²) in [6.45, 7) is 1.83. The van der Waals surface area contributed by atoms with Crippen LogP contribution in [-0.4, -0.2) is 16.9 Å². The van der Waals surface area contributed by atoms with E-state index in [-0.39, 0.29) is 5.91 Å². The molecule has 0 spiro atoms. The van der Waals surface area contributed by atoms with E-state index in [4.69, 9.17) is 0 Å². The number of amides is 3. The van der Waals surface area contributed by atoms with Crippen LogP contribution in [0.2, 0.25) is 0 Å². The first kappa shape index (κ1) is 8.68. The highest BCUT2D eigenvalue weighted by atomic mass is 16.2. The monoisotopic (exact) mass is 191 g/mol. The van der Waals surface area contributed by atoms with Gasteiger partial charge in [-0.3, -0.25) is 15.1 Å². The van der Waals surface area contributed by atoms with Gasteiger partial charge in [0.1, 0.15) is 0 Å². The SMILES string of the molecule is Cc1cccc(C2NC(=O)NC2=O)n1. The molecule has 1 fully saturated rings. The van der Waals surface area contributed by atoms with E-state index in [0.29, 0.717) is 5.69 Å². The average molecular weight is 191 g/mol. The lowest BCUT2D eigenvalue weighted by atomic mass is 10.2. The van der Waals surface area contributed by atoms with Crippen LogP contribution in [0.1, 0.15) is 17.4 Å². The molecule has 1 aromatic rings. The molecule has 0 bridgehead atoms. The Labute approximate surface area is 80.5 Å². The molecule has 72 valence electrons. The molecule has 0 aliphatic carbocycles. The fourth-order valence-corrected chi connectivity index (χ4v) is 1.35. The summed E-state index contributed by atoms with van der Waals surface area (Å²) in [6, 6.07) is 4.22. The molecule has 1 aromatic heterocycles. The van der Waals surface area contributed by atoms with Crippen molar-refractivity contribution >= 4 is 11.9 Å². The summed E-state index contributed by atoms with van der Waals surface area (Å²) in [4.78, 5) is 26.3. The minimum Gasteiger partial charge on any atom is -0.321 e. The summed E-state index contributed by atoms with van der Waals surface area (Å²) in [5.74, 6) is -0.354. The van der Waals surface area contributed by atoms with Crippen LogP contribution in [0, 0.1) is 6.92 Å². The minimum atomic E-state index is -0.651. The van der Waals surface area contributed by atoms with E-state index in [9.17, 15) is 9.59 Å². The van der Waals surface area contributed by atoms with Crippen molar-refractivity contribution in [1.82, 2.24) is 15.6 Å². The van der Waals surface area contributed by atoms with E-state index in [0.717, 1.165) is 5.69 Å². The second-order valence-electron chi connectivity index (χ2n) is 3.10. The Hall–Kier alpha value is -1.91. The summed E-state index contributed by atoms with van der Waals surface area (Å²) in [6.07, 6.45) is 0. The van der Waals surface area contributed by atoms with Crippen LogP contribution in [0.3, 0.4) is 0 Å².